The molecule has 94 valence electrons. The lowest BCUT2D eigenvalue weighted by atomic mass is 10.1. The van der Waals surface area contributed by atoms with Crippen LogP contribution in [-0.2, 0) is 11.3 Å². The van der Waals surface area contributed by atoms with Gasteiger partial charge in [-0.2, -0.15) is 5.10 Å². The van der Waals surface area contributed by atoms with Crippen molar-refractivity contribution in [2.75, 3.05) is 0 Å². The van der Waals surface area contributed by atoms with E-state index in [4.69, 9.17) is 5.11 Å². The number of aromatic nitrogens is 2. The summed E-state index contributed by atoms with van der Waals surface area (Å²) in [5, 5.41) is 12.6. The number of hydrogen-bond donors (Lipinski definition) is 1. The molecular weight excluding hydrogens is 242 g/mol. The van der Waals surface area contributed by atoms with Crippen LogP contribution >= 0.6 is 0 Å². The number of carboxylic acid groups (broad SMARTS) is 1. The third-order valence-corrected chi connectivity index (χ3v) is 2.46. The first-order valence-corrected chi connectivity index (χ1v) is 5.18. The number of hydrogen-bond acceptors (Lipinski definition) is 2. The highest BCUT2D eigenvalue weighted by Gasteiger charge is 2.13. The average Bonchev–Trinajstić information content (AvgIpc) is 2.58. The van der Waals surface area contributed by atoms with Gasteiger partial charge in [0.15, 0.2) is 0 Å². The molecule has 0 aliphatic rings. The Kier molecular flexibility index (Phi) is 3.10. The van der Waals surface area contributed by atoms with Crippen molar-refractivity contribution in [2.45, 2.75) is 13.5 Å². The van der Waals surface area contributed by atoms with Crippen molar-refractivity contribution in [1.29, 1.82) is 0 Å². The van der Waals surface area contributed by atoms with Crippen LogP contribution in [0.1, 0.15) is 5.69 Å². The molecule has 0 fully saturated rings. The van der Waals surface area contributed by atoms with Crippen LogP contribution in [0.25, 0.3) is 11.1 Å². The van der Waals surface area contributed by atoms with Crippen molar-refractivity contribution < 1.29 is 18.7 Å². The van der Waals surface area contributed by atoms with Gasteiger partial charge in [0.2, 0.25) is 0 Å². The van der Waals surface area contributed by atoms with Gasteiger partial charge in [0.05, 0.1) is 5.69 Å². The average molecular weight is 252 g/mol. The second kappa shape index (κ2) is 4.56. The molecule has 0 amide bonds. The maximum absolute atomic E-state index is 13.6. The summed E-state index contributed by atoms with van der Waals surface area (Å²) in [6.45, 7) is 1.33. The second-order valence-corrected chi connectivity index (χ2v) is 3.84. The van der Waals surface area contributed by atoms with Crippen LogP contribution in [0.3, 0.4) is 0 Å². The van der Waals surface area contributed by atoms with Crippen LogP contribution in [0.4, 0.5) is 8.78 Å². The van der Waals surface area contributed by atoms with Gasteiger partial charge in [0.1, 0.15) is 18.2 Å². The van der Waals surface area contributed by atoms with Crippen molar-refractivity contribution in [3.05, 3.63) is 41.7 Å². The highest BCUT2D eigenvalue weighted by molar-refractivity contribution is 5.68. The van der Waals surface area contributed by atoms with Gasteiger partial charge >= 0.3 is 5.97 Å². The normalized spacial score (nSPS) is 10.6. The van der Waals surface area contributed by atoms with Gasteiger partial charge in [-0.1, -0.05) is 0 Å². The van der Waals surface area contributed by atoms with Crippen molar-refractivity contribution >= 4 is 5.97 Å². The first-order chi connectivity index (χ1) is 8.47. The molecule has 1 heterocycles. The molecule has 0 saturated heterocycles. The van der Waals surface area contributed by atoms with E-state index in [0.717, 1.165) is 12.1 Å². The van der Waals surface area contributed by atoms with Crippen molar-refractivity contribution in [3.63, 3.8) is 0 Å². The summed E-state index contributed by atoms with van der Waals surface area (Å²) < 4.78 is 27.6. The molecule has 6 heteroatoms. The standard InChI is InChI=1S/C12H10F2N2O2/c1-7-10(5-16(15-7)6-12(17)18)9-3-2-8(13)4-11(9)14/h2-5H,6H2,1H3,(H,17,18). The van der Waals surface area contributed by atoms with Gasteiger partial charge in [-0.25, -0.2) is 8.78 Å². The zero-order chi connectivity index (χ0) is 13.3. The fourth-order valence-corrected chi connectivity index (χ4v) is 1.71. The summed E-state index contributed by atoms with van der Waals surface area (Å²) in [4.78, 5) is 10.6. The summed E-state index contributed by atoms with van der Waals surface area (Å²) in [6, 6.07) is 3.23. The summed E-state index contributed by atoms with van der Waals surface area (Å²) in [5.41, 5.74) is 1.14. The fourth-order valence-electron chi connectivity index (χ4n) is 1.71. The minimum Gasteiger partial charge on any atom is -0.480 e. The van der Waals surface area contributed by atoms with Crippen LogP contribution < -0.4 is 0 Å². The lowest BCUT2D eigenvalue weighted by Gasteiger charge is -2.01. The van der Waals surface area contributed by atoms with Gasteiger partial charge in [0, 0.05) is 23.4 Å². The van der Waals surface area contributed by atoms with Crippen LogP contribution in [-0.4, -0.2) is 20.9 Å². The Morgan fingerprint density at radius 3 is 2.72 bits per heavy atom. The molecule has 0 unspecified atom stereocenters. The first-order valence-electron chi connectivity index (χ1n) is 5.18. The largest absolute Gasteiger partial charge is 0.480 e. The van der Waals surface area contributed by atoms with Crippen molar-refractivity contribution in [1.82, 2.24) is 9.78 Å². The number of halogens is 2. The zero-order valence-electron chi connectivity index (χ0n) is 9.52. The number of rotatable bonds is 3. The Balaban J connectivity index is 2.44. The minimum atomic E-state index is -1.04. The second-order valence-electron chi connectivity index (χ2n) is 3.84. The Hall–Kier alpha value is -2.24. The topological polar surface area (TPSA) is 55.1 Å². The van der Waals surface area contributed by atoms with E-state index in [1.165, 1.54) is 16.9 Å². The number of carboxylic acids is 1. The van der Waals surface area contributed by atoms with Crippen LogP contribution in [0.15, 0.2) is 24.4 Å². The number of nitrogens with zero attached hydrogens (tertiary/aromatic N) is 2. The van der Waals surface area contributed by atoms with Crippen LogP contribution in [0.5, 0.6) is 0 Å². The lowest BCUT2D eigenvalue weighted by Crippen LogP contribution is -2.08. The molecule has 0 atom stereocenters. The monoisotopic (exact) mass is 252 g/mol. The third-order valence-electron chi connectivity index (χ3n) is 2.46. The predicted octanol–water partition coefficient (Wildman–Crippen LogP) is 2.22. The molecule has 2 rings (SSSR count). The predicted molar refractivity (Wildman–Crippen MR) is 60.0 cm³/mol. The van der Waals surface area contributed by atoms with Gasteiger partial charge in [-0.05, 0) is 19.1 Å². The summed E-state index contributed by atoms with van der Waals surface area (Å²) in [7, 11) is 0. The molecule has 1 aromatic heterocycles. The molecule has 0 bridgehead atoms. The number of carbonyl (C=O) groups is 1. The van der Waals surface area contributed by atoms with E-state index in [0.29, 0.717) is 11.3 Å². The number of aliphatic carboxylic acids is 1. The molecule has 0 radical (unpaired) electrons. The minimum absolute atomic E-state index is 0.200. The Morgan fingerprint density at radius 2 is 2.11 bits per heavy atom. The zero-order valence-corrected chi connectivity index (χ0v) is 9.52. The van der Waals surface area contributed by atoms with E-state index < -0.39 is 17.6 Å². The number of benzene rings is 1. The molecule has 1 N–H and O–H groups in total. The molecule has 18 heavy (non-hydrogen) atoms. The van der Waals surface area contributed by atoms with Crippen LogP contribution in [0, 0.1) is 18.6 Å². The summed E-state index contributed by atoms with van der Waals surface area (Å²) in [5.74, 6) is -2.40. The summed E-state index contributed by atoms with van der Waals surface area (Å²) >= 11 is 0. The van der Waals surface area contributed by atoms with Crippen molar-refractivity contribution in [2.24, 2.45) is 0 Å². The molecule has 1 aromatic carbocycles. The quantitative estimate of drug-likeness (QED) is 0.911. The first kappa shape index (κ1) is 12.2. The molecular formula is C12H10F2N2O2. The molecule has 0 aliphatic carbocycles. The van der Waals surface area contributed by atoms with Gasteiger partial charge < -0.3 is 5.11 Å². The maximum atomic E-state index is 13.6. The lowest BCUT2D eigenvalue weighted by molar-refractivity contribution is -0.137. The van der Waals surface area contributed by atoms with Gasteiger partial charge in [0.25, 0.3) is 0 Å². The molecule has 0 spiro atoms. The fraction of sp³-hybridized carbons (Fsp3) is 0.167. The van der Waals surface area contributed by atoms with Crippen LogP contribution in [0.2, 0.25) is 0 Å². The molecule has 2 aromatic rings. The third kappa shape index (κ3) is 2.37. The van der Waals surface area contributed by atoms with E-state index in [-0.39, 0.29) is 12.1 Å². The highest BCUT2D eigenvalue weighted by atomic mass is 19.1. The smallest absolute Gasteiger partial charge is 0.325 e. The van der Waals surface area contributed by atoms with Crippen molar-refractivity contribution in [3.8, 4) is 11.1 Å². The van der Waals surface area contributed by atoms with E-state index in [1.54, 1.807) is 6.92 Å². The molecule has 4 nitrogen and oxygen atoms in total. The van der Waals surface area contributed by atoms with E-state index in [9.17, 15) is 13.6 Å². The summed E-state index contributed by atoms with van der Waals surface area (Å²) in [6.07, 6.45) is 1.43. The Bertz CT molecular complexity index is 608. The van der Waals surface area contributed by atoms with Gasteiger partial charge in [-0.15, -0.1) is 0 Å². The maximum Gasteiger partial charge on any atom is 0.325 e. The molecule has 0 aliphatic heterocycles. The highest BCUT2D eigenvalue weighted by Crippen LogP contribution is 2.25. The van der Waals surface area contributed by atoms with E-state index in [2.05, 4.69) is 5.10 Å². The number of aryl methyl sites for hydroxylation is 1. The Morgan fingerprint density at radius 1 is 1.39 bits per heavy atom. The van der Waals surface area contributed by atoms with Gasteiger partial charge in [-0.3, -0.25) is 9.48 Å². The Labute approximate surface area is 101 Å². The molecule has 0 saturated carbocycles. The SMILES string of the molecule is Cc1nn(CC(=O)O)cc1-c1ccc(F)cc1F. The van der Waals surface area contributed by atoms with E-state index in [1.807, 2.05) is 0 Å². The van der Waals surface area contributed by atoms with E-state index >= 15 is 0 Å².